The van der Waals surface area contributed by atoms with Crippen LogP contribution in [0.3, 0.4) is 0 Å². The van der Waals surface area contributed by atoms with Crippen molar-refractivity contribution in [3.63, 3.8) is 0 Å². The highest BCUT2D eigenvalue weighted by atomic mass is 28.3. The van der Waals surface area contributed by atoms with Crippen LogP contribution >= 0.6 is 0 Å². The molecule has 19 heavy (non-hydrogen) atoms. The van der Waals surface area contributed by atoms with Gasteiger partial charge in [0.15, 0.2) is 0 Å². The quantitative estimate of drug-likeness (QED) is 0.746. The summed E-state index contributed by atoms with van der Waals surface area (Å²) in [6.07, 6.45) is 1.63. The summed E-state index contributed by atoms with van der Waals surface area (Å²) >= 11 is 0. The molecule has 1 radical (unpaired) electrons. The molecular formula is C15H20NO2Si. The average molecular weight is 274 g/mol. The number of rotatable bonds is 1. The highest BCUT2D eigenvalue weighted by Gasteiger charge is 2.21. The lowest BCUT2D eigenvalue weighted by atomic mass is 10.2. The molecule has 2 rings (SSSR count). The van der Waals surface area contributed by atoms with Gasteiger partial charge in [0.05, 0.1) is 14.3 Å². The van der Waals surface area contributed by atoms with Crippen LogP contribution in [0.15, 0.2) is 30.5 Å². The number of ether oxygens (including phenoxy) is 1. The minimum atomic E-state index is -0.621. The van der Waals surface area contributed by atoms with E-state index in [2.05, 4.69) is 19.2 Å². The Kier molecular flexibility index (Phi) is 3.54. The van der Waals surface area contributed by atoms with Gasteiger partial charge in [0.25, 0.3) is 0 Å². The Labute approximate surface area is 115 Å². The molecule has 2 aromatic rings. The predicted molar refractivity (Wildman–Crippen MR) is 80.7 cm³/mol. The first-order chi connectivity index (χ1) is 8.79. The van der Waals surface area contributed by atoms with Crippen molar-refractivity contribution in [1.82, 2.24) is 4.57 Å². The summed E-state index contributed by atoms with van der Waals surface area (Å²) in [7, 11) is -0.621. The molecule has 0 aliphatic heterocycles. The largest absolute Gasteiger partial charge is 0.443 e. The van der Waals surface area contributed by atoms with E-state index in [9.17, 15) is 4.79 Å². The Bertz CT molecular complexity index is 608. The molecule has 1 heterocycles. The standard InChI is InChI=1S/C15H20NO2Si/c1-15(2,3)18-14(17)16-10-13(19(4)5)11-8-6-7-9-12(11)16/h6-10H,1-5H3. The number of carbonyl (C=O) groups is 1. The number of benzene rings is 1. The van der Waals surface area contributed by atoms with Gasteiger partial charge in [-0.1, -0.05) is 31.3 Å². The number of para-hydroxylation sites is 1. The van der Waals surface area contributed by atoms with Crippen LogP contribution in [-0.4, -0.2) is 25.1 Å². The van der Waals surface area contributed by atoms with E-state index in [1.807, 2.05) is 45.2 Å². The summed E-state index contributed by atoms with van der Waals surface area (Å²) in [6.45, 7) is 10.1. The van der Waals surface area contributed by atoms with E-state index < -0.39 is 14.4 Å². The van der Waals surface area contributed by atoms with Gasteiger partial charge >= 0.3 is 6.09 Å². The van der Waals surface area contributed by atoms with Gasteiger partial charge in [0.1, 0.15) is 5.60 Å². The average Bonchev–Trinajstić information content (AvgIpc) is 2.66. The summed E-state index contributed by atoms with van der Waals surface area (Å²) in [5, 5.41) is 2.43. The minimum Gasteiger partial charge on any atom is -0.443 e. The van der Waals surface area contributed by atoms with E-state index in [-0.39, 0.29) is 6.09 Å². The molecule has 101 valence electrons. The fraction of sp³-hybridized carbons (Fsp3) is 0.400. The number of fused-ring (bicyclic) bond motifs is 1. The summed E-state index contributed by atoms with van der Waals surface area (Å²) in [6, 6.07) is 8.00. The van der Waals surface area contributed by atoms with Crippen molar-refractivity contribution in [3.05, 3.63) is 30.5 Å². The summed E-state index contributed by atoms with van der Waals surface area (Å²) in [5.41, 5.74) is 0.451. The molecule has 0 aliphatic rings. The minimum absolute atomic E-state index is 0.307. The third-order valence-corrected chi connectivity index (χ3v) is 4.32. The number of hydrogen-bond acceptors (Lipinski definition) is 2. The topological polar surface area (TPSA) is 31.2 Å². The number of carbonyl (C=O) groups excluding carboxylic acids is 1. The van der Waals surface area contributed by atoms with Crippen LogP contribution in [0.2, 0.25) is 13.1 Å². The van der Waals surface area contributed by atoms with Crippen molar-refractivity contribution in [2.24, 2.45) is 0 Å². The van der Waals surface area contributed by atoms with Crippen molar-refractivity contribution in [3.8, 4) is 0 Å². The number of nitrogens with zero attached hydrogens (tertiary/aromatic N) is 1. The summed E-state index contributed by atoms with van der Waals surface area (Å²) < 4.78 is 7.09. The zero-order chi connectivity index (χ0) is 14.2. The Morgan fingerprint density at radius 1 is 1.21 bits per heavy atom. The molecule has 0 amide bonds. The maximum atomic E-state index is 12.3. The van der Waals surface area contributed by atoms with Crippen molar-refractivity contribution >= 4 is 31.0 Å². The van der Waals surface area contributed by atoms with Crippen LogP contribution in [0.4, 0.5) is 4.79 Å². The molecule has 3 nitrogen and oxygen atoms in total. The highest BCUT2D eigenvalue weighted by Crippen LogP contribution is 2.17. The van der Waals surface area contributed by atoms with E-state index in [1.165, 1.54) is 5.19 Å². The maximum absolute atomic E-state index is 12.3. The predicted octanol–water partition coefficient (Wildman–Crippen LogP) is 3.39. The number of aromatic nitrogens is 1. The van der Waals surface area contributed by atoms with E-state index >= 15 is 0 Å². The normalized spacial score (nSPS) is 12.1. The fourth-order valence-corrected chi connectivity index (χ4v) is 3.18. The zero-order valence-electron chi connectivity index (χ0n) is 12.2. The first-order valence-corrected chi connectivity index (χ1v) is 8.93. The highest BCUT2D eigenvalue weighted by molar-refractivity contribution is 6.73. The molecule has 0 bridgehead atoms. The monoisotopic (exact) mass is 274 g/mol. The second-order valence-corrected chi connectivity index (χ2v) is 8.45. The van der Waals surface area contributed by atoms with Gasteiger partial charge in [-0.05, 0) is 37.4 Å². The van der Waals surface area contributed by atoms with E-state index in [0.29, 0.717) is 0 Å². The van der Waals surface area contributed by atoms with Crippen LogP contribution in [0.1, 0.15) is 20.8 Å². The van der Waals surface area contributed by atoms with Crippen molar-refractivity contribution in [2.75, 3.05) is 0 Å². The molecule has 1 aromatic carbocycles. The van der Waals surface area contributed by atoms with E-state index in [4.69, 9.17) is 4.74 Å². The molecule has 4 heteroatoms. The first-order valence-electron chi connectivity index (χ1n) is 6.43. The van der Waals surface area contributed by atoms with Gasteiger partial charge in [0, 0.05) is 6.20 Å². The molecule has 0 fully saturated rings. The lowest BCUT2D eigenvalue weighted by Crippen LogP contribution is -2.27. The molecule has 0 atom stereocenters. The Hall–Kier alpha value is -1.55. The molecular weight excluding hydrogens is 254 g/mol. The first kappa shape index (κ1) is 13.9. The second-order valence-electron chi connectivity index (χ2n) is 5.91. The van der Waals surface area contributed by atoms with Gasteiger partial charge in [-0.25, -0.2) is 4.79 Å². The van der Waals surface area contributed by atoms with Crippen molar-refractivity contribution < 1.29 is 9.53 Å². The van der Waals surface area contributed by atoms with Gasteiger partial charge < -0.3 is 4.74 Å². The maximum Gasteiger partial charge on any atom is 0.418 e. The summed E-state index contributed by atoms with van der Waals surface area (Å²) in [5.74, 6) is 0. The lowest BCUT2D eigenvalue weighted by Gasteiger charge is -2.19. The molecule has 0 saturated carbocycles. The molecule has 0 unspecified atom stereocenters. The Morgan fingerprint density at radius 2 is 1.84 bits per heavy atom. The van der Waals surface area contributed by atoms with Gasteiger partial charge in [-0.3, -0.25) is 4.57 Å². The SMILES string of the molecule is C[Si](C)c1cn(C(=O)OC(C)(C)C)c2ccccc12. The second kappa shape index (κ2) is 4.85. The third-order valence-electron chi connectivity index (χ3n) is 2.84. The van der Waals surface area contributed by atoms with Crippen LogP contribution in [0.5, 0.6) is 0 Å². The smallest absolute Gasteiger partial charge is 0.418 e. The van der Waals surface area contributed by atoms with Crippen molar-refractivity contribution in [2.45, 2.75) is 39.5 Å². The van der Waals surface area contributed by atoms with Crippen LogP contribution < -0.4 is 5.19 Å². The third kappa shape index (κ3) is 2.89. The molecule has 0 saturated heterocycles. The van der Waals surface area contributed by atoms with E-state index in [0.717, 1.165) is 10.9 Å². The van der Waals surface area contributed by atoms with E-state index in [1.54, 1.807) is 4.57 Å². The molecule has 0 aliphatic carbocycles. The Balaban J connectivity index is 2.52. The van der Waals surface area contributed by atoms with Gasteiger partial charge in [0.2, 0.25) is 0 Å². The van der Waals surface area contributed by atoms with Crippen LogP contribution in [-0.2, 0) is 4.74 Å². The van der Waals surface area contributed by atoms with Gasteiger partial charge in [-0.15, -0.1) is 0 Å². The van der Waals surface area contributed by atoms with Crippen LogP contribution in [0, 0.1) is 0 Å². The Morgan fingerprint density at radius 3 is 2.42 bits per heavy atom. The zero-order valence-corrected chi connectivity index (χ0v) is 13.2. The fourth-order valence-electron chi connectivity index (χ4n) is 2.04. The molecule has 0 N–H and O–H groups in total. The lowest BCUT2D eigenvalue weighted by molar-refractivity contribution is 0.0544. The van der Waals surface area contributed by atoms with Crippen molar-refractivity contribution in [1.29, 1.82) is 0 Å². The molecule has 1 aromatic heterocycles. The van der Waals surface area contributed by atoms with Crippen LogP contribution in [0.25, 0.3) is 10.9 Å². The summed E-state index contributed by atoms with van der Waals surface area (Å²) in [4.78, 5) is 12.3. The molecule has 0 spiro atoms. The number of hydrogen-bond donors (Lipinski definition) is 0. The van der Waals surface area contributed by atoms with Gasteiger partial charge in [-0.2, -0.15) is 0 Å².